The van der Waals surface area contributed by atoms with E-state index in [1.807, 2.05) is 0 Å². The van der Waals surface area contributed by atoms with E-state index < -0.39 is 10.0 Å². The van der Waals surface area contributed by atoms with Crippen LogP contribution in [0.15, 0.2) is 0 Å². The largest absolute Gasteiger partial charge is 0.395 e. The van der Waals surface area contributed by atoms with E-state index in [1.165, 1.54) is 7.11 Å². The van der Waals surface area contributed by atoms with Crippen molar-refractivity contribution < 1.29 is 18.3 Å². The highest BCUT2D eigenvalue weighted by molar-refractivity contribution is 7.92. The van der Waals surface area contributed by atoms with Gasteiger partial charge in [0.05, 0.1) is 18.2 Å². The average Bonchev–Trinajstić information content (AvgIpc) is 2.09. The van der Waals surface area contributed by atoms with Gasteiger partial charge in [-0.15, -0.1) is 0 Å². The fourth-order valence-electron chi connectivity index (χ4n) is 0.966. The molecule has 0 amide bonds. The van der Waals surface area contributed by atoms with E-state index in [4.69, 9.17) is 15.6 Å². The maximum Gasteiger partial charge on any atom is 0.220 e. The Kier molecular flexibility index (Phi) is 6.94. The van der Waals surface area contributed by atoms with Gasteiger partial charge in [-0.1, -0.05) is 12.2 Å². The van der Waals surface area contributed by atoms with Gasteiger partial charge in [-0.2, -0.15) is 4.31 Å². The summed E-state index contributed by atoms with van der Waals surface area (Å²) in [5, 5.41) is 8.72. The highest BCUT2D eigenvalue weighted by Gasteiger charge is 2.21. The Morgan fingerprint density at radius 1 is 1.53 bits per heavy atom. The molecule has 0 radical (unpaired) electrons. The highest BCUT2D eigenvalue weighted by atomic mass is 32.2. The van der Waals surface area contributed by atoms with Gasteiger partial charge in [0.25, 0.3) is 0 Å². The van der Waals surface area contributed by atoms with Gasteiger partial charge in [0, 0.05) is 20.2 Å². The molecule has 0 unspecified atom stereocenters. The van der Waals surface area contributed by atoms with Gasteiger partial charge in [0.1, 0.15) is 5.75 Å². The molecule has 6 nitrogen and oxygen atoms in total. The molecule has 0 aromatic carbocycles. The summed E-state index contributed by atoms with van der Waals surface area (Å²) in [6, 6.07) is 0. The van der Waals surface area contributed by atoms with Crippen molar-refractivity contribution in [2.45, 2.75) is 0 Å². The van der Waals surface area contributed by atoms with Gasteiger partial charge in [0.15, 0.2) is 0 Å². The van der Waals surface area contributed by atoms with Crippen LogP contribution >= 0.6 is 12.2 Å². The second-order valence-electron chi connectivity index (χ2n) is 2.84. The van der Waals surface area contributed by atoms with Crippen molar-refractivity contribution in [2.24, 2.45) is 5.73 Å². The van der Waals surface area contributed by atoms with Crippen LogP contribution < -0.4 is 5.73 Å². The molecule has 0 aromatic heterocycles. The summed E-state index contributed by atoms with van der Waals surface area (Å²) < 4.78 is 29.1. The Hall–Kier alpha value is -0.280. The first-order valence-electron chi connectivity index (χ1n) is 4.30. The molecule has 0 heterocycles. The SMILES string of the molecule is COCCN(CCO)S(=O)(=O)CC(N)=S. The molecule has 0 rings (SSSR count). The van der Waals surface area contributed by atoms with E-state index >= 15 is 0 Å². The molecule has 0 aliphatic heterocycles. The number of methoxy groups -OCH3 is 1. The number of nitrogens with zero attached hydrogens (tertiary/aromatic N) is 1. The van der Waals surface area contributed by atoms with E-state index in [9.17, 15) is 8.42 Å². The van der Waals surface area contributed by atoms with Crippen molar-refractivity contribution in [3.8, 4) is 0 Å². The number of hydrogen-bond acceptors (Lipinski definition) is 5. The van der Waals surface area contributed by atoms with Crippen molar-refractivity contribution in [3.05, 3.63) is 0 Å². The zero-order valence-corrected chi connectivity index (χ0v) is 10.2. The minimum Gasteiger partial charge on any atom is -0.395 e. The third kappa shape index (κ3) is 6.00. The molecule has 8 heteroatoms. The summed E-state index contributed by atoms with van der Waals surface area (Å²) in [6.45, 7) is 0.215. The molecule has 0 fully saturated rings. The molecular formula is C7H16N2O4S2. The number of aliphatic hydroxyl groups excluding tert-OH is 1. The number of hydrogen-bond donors (Lipinski definition) is 2. The number of rotatable bonds is 8. The number of nitrogens with two attached hydrogens (primary N) is 1. The van der Waals surface area contributed by atoms with Crippen LogP contribution in [0.4, 0.5) is 0 Å². The van der Waals surface area contributed by atoms with Gasteiger partial charge in [-0.3, -0.25) is 0 Å². The van der Waals surface area contributed by atoms with Crippen LogP contribution in [0.2, 0.25) is 0 Å². The summed E-state index contributed by atoms with van der Waals surface area (Å²) in [7, 11) is -2.06. The van der Waals surface area contributed by atoms with Crippen LogP contribution in [0.5, 0.6) is 0 Å². The second kappa shape index (κ2) is 7.07. The zero-order valence-electron chi connectivity index (χ0n) is 8.55. The van der Waals surface area contributed by atoms with E-state index in [-0.39, 0.29) is 37.0 Å². The van der Waals surface area contributed by atoms with Crippen molar-refractivity contribution >= 4 is 27.2 Å². The summed E-state index contributed by atoms with van der Waals surface area (Å²) in [4.78, 5) is -0.0876. The van der Waals surface area contributed by atoms with E-state index in [1.54, 1.807) is 0 Å². The molecule has 90 valence electrons. The van der Waals surface area contributed by atoms with Crippen LogP contribution in [0.25, 0.3) is 0 Å². The smallest absolute Gasteiger partial charge is 0.220 e. The lowest BCUT2D eigenvalue weighted by molar-refractivity contribution is 0.169. The van der Waals surface area contributed by atoms with Crippen LogP contribution in [0, 0.1) is 0 Å². The first kappa shape index (κ1) is 14.7. The van der Waals surface area contributed by atoms with Crippen molar-refractivity contribution in [1.82, 2.24) is 4.31 Å². The number of thiocarbonyl (C=S) groups is 1. The van der Waals surface area contributed by atoms with E-state index in [2.05, 4.69) is 12.2 Å². The molecule has 3 N–H and O–H groups in total. The first-order chi connectivity index (χ1) is 6.94. The lowest BCUT2D eigenvalue weighted by Crippen LogP contribution is -2.40. The third-order valence-corrected chi connectivity index (χ3v) is 3.77. The number of ether oxygens (including phenoxy) is 1. The van der Waals surface area contributed by atoms with Crippen LogP contribution in [-0.4, -0.2) is 62.0 Å². The normalized spacial score (nSPS) is 11.9. The van der Waals surface area contributed by atoms with Crippen LogP contribution in [-0.2, 0) is 14.8 Å². The van der Waals surface area contributed by atoms with E-state index in [0.717, 1.165) is 4.31 Å². The molecule has 0 aliphatic carbocycles. The van der Waals surface area contributed by atoms with Gasteiger partial charge in [0.2, 0.25) is 10.0 Å². The monoisotopic (exact) mass is 256 g/mol. The maximum atomic E-state index is 11.6. The first-order valence-corrected chi connectivity index (χ1v) is 6.31. The van der Waals surface area contributed by atoms with Crippen LogP contribution in [0.3, 0.4) is 0 Å². The molecular weight excluding hydrogens is 240 g/mol. The Bertz CT molecular complexity index is 291. The van der Waals surface area contributed by atoms with Gasteiger partial charge < -0.3 is 15.6 Å². The molecule has 0 atom stereocenters. The van der Waals surface area contributed by atoms with Crippen molar-refractivity contribution in [2.75, 3.05) is 39.2 Å². The lowest BCUT2D eigenvalue weighted by atomic mass is 10.6. The summed E-state index contributed by atoms with van der Waals surface area (Å²) in [6.07, 6.45) is 0. The average molecular weight is 256 g/mol. The Morgan fingerprint density at radius 2 is 2.13 bits per heavy atom. The predicted molar refractivity (Wildman–Crippen MR) is 61.1 cm³/mol. The molecule has 0 saturated carbocycles. The summed E-state index contributed by atoms with van der Waals surface area (Å²) in [5.41, 5.74) is 5.17. The minimum atomic E-state index is -3.53. The maximum absolute atomic E-state index is 11.6. The summed E-state index contributed by atoms with van der Waals surface area (Å²) >= 11 is 4.54. The molecule has 15 heavy (non-hydrogen) atoms. The molecule has 0 saturated heterocycles. The number of aliphatic hydroxyl groups is 1. The fourth-order valence-corrected chi connectivity index (χ4v) is 2.67. The molecule has 0 spiro atoms. The Balaban J connectivity index is 4.50. The van der Waals surface area contributed by atoms with Gasteiger partial charge in [-0.25, -0.2) is 8.42 Å². The Morgan fingerprint density at radius 3 is 2.53 bits per heavy atom. The standard InChI is InChI=1S/C7H16N2O4S2/c1-13-5-3-9(2-4-10)15(11,12)6-7(8)14/h10H,2-6H2,1H3,(H2,8,14). The zero-order chi connectivity index (χ0) is 11.9. The van der Waals surface area contributed by atoms with Crippen LogP contribution in [0.1, 0.15) is 0 Å². The molecule has 0 aliphatic rings. The second-order valence-corrected chi connectivity index (χ2v) is 5.33. The summed E-state index contributed by atoms with van der Waals surface area (Å²) in [5.74, 6) is -0.383. The molecule has 0 aromatic rings. The third-order valence-electron chi connectivity index (χ3n) is 1.61. The Labute approximate surface area is 95.1 Å². The number of sulfonamides is 1. The highest BCUT2D eigenvalue weighted by Crippen LogP contribution is 2.01. The van der Waals surface area contributed by atoms with Crippen molar-refractivity contribution in [1.29, 1.82) is 0 Å². The van der Waals surface area contributed by atoms with Gasteiger partial charge in [-0.05, 0) is 0 Å². The van der Waals surface area contributed by atoms with E-state index in [0.29, 0.717) is 0 Å². The predicted octanol–water partition coefficient (Wildman–Crippen LogP) is -1.46. The minimum absolute atomic E-state index is 0.0221. The lowest BCUT2D eigenvalue weighted by Gasteiger charge is -2.20. The van der Waals surface area contributed by atoms with Crippen molar-refractivity contribution in [3.63, 3.8) is 0 Å². The molecule has 0 bridgehead atoms. The topological polar surface area (TPSA) is 92.9 Å². The fraction of sp³-hybridized carbons (Fsp3) is 0.857. The van der Waals surface area contributed by atoms with Gasteiger partial charge >= 0.3 is 0 Å². The quantitative estimate of drug-likeness (QED) is 0.516.